The monoisotopic (exact) mass is 336 g/mol. The van der Waals surface area contributed by atoms with Crippen molar-refractivity contribution < 1.29 is 36.6 Å². The fourth-order valence-corrected chi connectivity index (χ4v) is 2.21. The lowest BCUT2D eigenvalue weighted by molar-refractivity contribution is -0.323. The minimum absolute atomic E-state index is 0.599. The largest absolute Gasteiger partial charge is 0.508 e. The second-order valence-corrected chi connectivity index (χ2v) is 4.76. The van der Waals surface area contributed by atoms with E-state index in [0.29, 0.717) is 12.1 Å². The van der Waals surface area contributed by atoms with Crippen LogP contribution in [-0.4, -0.2) is 22.3 Å². The van der Waals surface area contributed by atoms with E-state index in [0.717, 1.165) is 36.4 Å². The summed E-state index contributed by atoms with van der Waals surface area (Å²) in [6, 6.07) is 7.01. The van der Waals surface area contributed by atoms with E-state index in [-0.39, 0.29) is 0 Å². The Hall–Kier alpha value is -2.38. The summed E-state index contributed by atoms with van der Waals surface area (Å²) in [5, 5.41) is 19.2. The minimum Gasteiger partial charge on any atom is -0.508 e. The summed E-state index contributed by atoms with van der Waals surface area (Å²) in [6.45, 7) is 0. The molecule has 8 heteroatoms. The Balaban J connectivity index is 2.87. The van der Waals surface area contributed by atoms with Crippen molar-refractivity contribution >= 4 is 0 Å². The van der Waals surface area contributed by atoms with Crippen molar-refractivity contribution in [2.45, 2.75) is 17.8 Å². The highest BCUT2D eigenvalue weighted by molar-refractivity contribution is 5.51. The van der Waals surface area contributed by atoms with Gasteiger partial charge < -0.3 is 10.2 Å². The standard InChI is InChI=1S/C15H10F6O2/c16-13(14(17,18)15(19,20)21,9-5-1-3-7-11(9)22)10-6-2-4-8-12(10)23/h1-8,22-23H. The van der Waals surface area contributed by atoms with Gasteiger partial charge in [0.1, 0.15) is 11.5 Å². The number of rotatable bonds is 3. The van der Waals surface area contributed by atoms with Gasteiger partial charge in [-0.25, -0.2) is 4.39 Å². The van der Waals surface area contributed by atoms with Crippen molar-refractivity contribution in [3.8, 4) is 11.5 Å². The Bertz CT molecular complexity index is 666. The molecule has 2 rings (SSSR count). The molecule has 0 saturated heterocycles. The van der Waals surface area contributed by atoms with E-state index >= 15 is 4.39 Å². The first-order chi connectivity index (χ1) is 10.5. The highest BCUT2D eigenvalue weighted by atomic mass is 19.4. The lowest BCUT2D eigenvalue weighted by Crippen LogP contribution is -2.53. The molecule has 0 unspecified atom stereocenters. The summed E-state index contributed by atoms with van der Waals surface area (Å²) in [4.78, 5) is 0. The molecule has 0 bridgehead atoms. The topological polar surface area (TPSA) is 40.5 Å². The maximum absolute atomic E-state index is 15.3. The van der Waals surface area contributed by atoms with Gasteiger partial charge in [-0.3, -0.25) is 0 Å². The molecule has 0 saturated carbocycles. The number of phenolic OH excluding ortho intramolecular Hbond substituents is 2. The van der Waals surface area contributed by atoms with Gasteiger partial charge >= 0.3 is 12.1 Å². The first-order valence-electron chi connectivity index (χ1n) is 6.24. The lowest BCUT2D eigenvalue weighted by atomic mass is 9.81. The van der Waals surface area contributed by atoms with Crippen molar-refractivity contribution in [2.75, 3.05) is 0 Å². The third-order valence-electron chi connectivity index (χ3n) is 3.34. The van der Waals surface area contributed by atoms with Gasteiger partial charge in [-0.15, -0.1) is 0 Å². The van der Waals surface area contributed by atoms with Crippen LogP contribution in [0, 0.1) is 0 Å². The summed E-state index contributed by atoms with van der Waals surface area (Å²) >= 11 is 0. The zero-order valence-corrected chi connectivity index (χ0v) is 11.3. The van der Waals surface area contributed by atoms with Gasteiger partial charge in [-0.05, 0) is 12.1 Å². The van der Waals surface area contributed by atoms with Crippen molar-refractivity contribution in [2.24, 2.45) is 0 Å². The Kier molecular flexibility index (Phi) is 3.96. The molecular formula is C15H10F6O2. The summed E-state index contributed by atoms with van der Waals surface area (Å²) in [5.74, 6) is -8.10. The fraction of sp³-hybridized carbons (Fsp3) is 0.200. The average molecular weight is 336 g/mol. The maximum Gasteiger partial charge on any atom is 0.457 e. The van der Waals surface area contributed by atoms with Crippen LogP contribution in [0.4, 0.5) is 26.3 Å². The normalized spacial score (nSPS) is 13.1. The van der Waals surface area contributed by atoms with Crippen molar-refractivity contribution in [1.29, 1.82) is 0 Å². The summed E-state index contributed by atoms with van der Waals surface area (Å²) < 4.78 is 81.7. The quantitative estimate of drug-likeness (QED) is 0.810. The maximum atomic E-state index is 15.3. The van der Waals surface area contributed by atoms with E-state index in [1.807, 2.05) is 0 Å². The molecule has 0 aliphatic carbocycles. The van der Waals surface area contributed by atoms with Crippen molar-refractivity contribution in [1.82, 2.24) is 0 Å². The van der Waals surface area contributed by atoms with Crippen LogP contribution in [-0.2, 0) is 5.67 Å². The third-order valence-corrected chi connectivity index (χ3v) is 3.34. The SMILES string of the molecule is Oc1ccccc1C(F)(c1ccccc1O)C(F)(F)C(F)(F)F. The Morgan fingerprint density at radius 3 is 1.26 bits per heavy atom. The zero-order chi connectivity index (χ0) is 17.5. The molecule has 2 nitrogen and oxygen atoms in total. The van der Waals surface area contributed by atoms with Crippen LogP contribution in [0.1, 0.15) is 11.1 Å². The predicted octanol–water partition coefficient (Wildman–Crippen LogP) is 4.51. The molecule has 0 aromatic heterocycles. The molecule has 2 aromatic rings. The van der Waals surface area contributed by atoms with Crippen LogP contribution < -0.4 is 0 Å². The minimum atomic E-state index is -6.26. The van der Waals surface area contributed by atoms with Gasteiger partial charge in [0.05, 0.1) is 0 Å². The second-order valence-electron chi connectivity index (χ2n) is 4.76. The molecular weight excluding hydrogens is 326 g/mol. The zero-order valence-electron chi connectivity index (χ0n) is 11.3. The van der Waals surface area contributed by atoms with E-state index < -0.39 is 40.4 Å². The molecule has 0 fully saturated rings. The molecule has 0 atom stereocenters. The molecule has 0 aliphatic heterocycles. The first kappa shape index (κ1) is 17.0. The summed E-state index contributed by atoms with van der Waals surface area (Å²) in [7, 11) is 0. The van der Waals surface area contributed by atoms with E-state index in [1.54, 1.807) is 0 Å². The van der Waals surface area contributed by atoms with Crippen LogP contribution in [0.25, 0.3) is 0 Å². The van der Waals surface area contributed by atoms with E-state index in [9.17, 15) is 32.2 Å². The van der Waals surface area contributed by atoms with Gasteiger partial charge in [0.25, 0.3) is 0 Å². The first-order valence-corrected chi connectivity index (χ1v) is 6.24. The molecule has 0 amide bonds. The molecule has 0 radical (unpaired) electrons. The van der Waals surface area contributed by atoms with E-state index in [2.05, 4.69) is 0 Å². The molecule has 2 N–H and O–H groups in total. The molecule has 0 spiro atoms. The van der Waals surface area contributed by atoms with Gasteiger partial charge in [-0.2, -0.15) is 22.0 Å². The highest BCUT2D eigenvalue weighted by Crippen LogP contribution is 2.57. The van der Waals surface area contributed by atoms with E-state index in [4.69, 9.17) is 0 Å². The van der Waals surface area contributed by atoms with Crippen LogP contribution in [0.5, 0.6) is 11.5 Å². The van der Waals surface area contributed by atoms with Gasteiger partial charge in [0.2, 0.25) is 5.67 Å². The molecule has 23 heavy (non-hydrogen) atoms. The predicted molar refractivity (Wildman–Crippen MR) is 69.1 cm³/mol. The van der Waals surface area contributed by atoms with Crippen molar-refractivity contribution in [3.05, 3.63) is 59.7 Å². The Morgan fingerprint density at radius 2 is 0.957 bits per heavy atom. The smallest absolute Gasteiger partial charge is 0.457 e. The van der Waals surface area contributed by atoms with Crippen LogP contribution in [0.15, 0.2) is 48.5 Å². The van der Waals surface area contributed by atoms with Gasteiger partial charge in [-0.1, -0.05) is 36.4 Å². The number of aromatic hydroxyl groups is 2. The van der Waals surface area contributed by atoms with Crippen molar-refractivity contribution in [3.63, 3.8) is 0 Å². The van der Waals surface area contributed by atoms with Crippen LogP contribution >= 0.6 is 0 Å². The number of halogens is 6. The number of hydrogen-bond donors (Lipinski definition) is 2. The lowest BCUT2D eigenvalue weighted by Gasteiger charge is -2.35. The number of benzene rings is 2. The molecule has 0 heterocycles. The third kappa shape index (κ3) is 2.47. The summed E-state index contributed by atoms with van der Waals surface area (Å²) in [6.07, 6.45) is -6.26. The van der Waals surface area contributed by atoms with Gasteiger partial charge in [0, 0.05) is 11.1 Å². The highest BCUT2D eigenvalue weighted by Gasteiger charge is 2.73. The number of alkyl halides is 6. The molecule has 124 valence electrons. The molecule has 0 aliphatic rings. The average Bonchev–Trinajstić information content (AvgIpc) is 2.46. The number of hydrogen-bond acceptors (Lipinski definition) is 2. The Labute approximate surface area is 126 Å². The number of para-hydroxylation sites is 2. The fourth-order valence-electron chi connectivity index (χ4n) is 2.21. The second kappa shape index (κ2) is 5.36. The molecule has 2 aromatic carbocycles. The summed E-state index contributed by atoms with van der Waals surface area (Å²) in [5.41, 5.74) is -7.12. The Morgan fingerprint density at radius 1 is 0.609 bits per heavy atom. The van der Waals surface area contributed by atoms with Gasteiger partial charge in [0.15, 0.2) is 0 Å². The van der Waals surface area contributed by atoms with Crippen LogP contribution in [0.3, 0.4) is 0 Å². The van der Waals surface area contributed by atoms with Crippen LogP contribution in [0.2, 0.25) is 0 Å². The van der Waals surface area contributed by atoms with E-state index in [1.165, 1.54) is 0 Å². The number of phenols is 2.